The Kier molecular flexibility index (Phi) is 3.00. The second-order valence-electron chi connectivity index (χ2n) is 4.19. The van der Waals surface area contributed by atoms with E-state index in [2.05, 4.69) is 20.3 Å². The van der Waals surface area contributed by atoms with Gasteiger partial charge in [0.1, 0.15) is 10.8 Å². The number of aromatic nitrogens is 3. The van der Waals surface area contributed by atoms with Crippen LogP contribution in [-0.4, -0.2) is 20.9 Å². The minimum absolute atomic E-state index is 0.153. The molecule has 0 aliphatic rings. The van der Waals surface area contributed by atoms with Crippen molar-refractivity contribution in [3.63, 3.8) is 0 Å². The summed E-state index contributed by atoms with van der Waals surface area (Å²) in [7, 11) is 0. The zero-order valence-electron chi connectivity index (χ0n) is 10.2. The van der Waals surface area contributed by atoms with Gasteiger partial charge in [0.25, 0.3) is 5.91 Å². The van der Waals surface area contributed by atoms with Crippen molar-refractivity contribution >= 4 is 40.0 Å². The molecule has 0 fully saturated rings. The summed E-state index contributed by atoms with van der Waals surface area (Å²) in [6.45, 7) is 0. The topological polar surface area (TPSA) is 96.7 Å². The highest BCUT2D eigenvalue weighted by atomic mass is 35.5. The fraction of sp³-hybridized carbons (Fsp3) is 0. The third-order valence-corrected chi connectivity index (χ3v) is 2.95. The lowest BCUT2D eigenvalue weighted by Gasteiger charge is -2.01. The first kappa shape index (κ1) is 12.4. The van der Waals surface area contributed by atoms with Crippen LogP contribution in [0.5, 0.6) is 0 Å². The Labute approximate surface area is 119 Å². The van der Waals surface area contributed by atoms with Crippen LogP contribution in [0.4, 0.5) is 11.6 Å². The van der Waals surface area contributed by atoms with Crippen LogP contribution in [0.3, 0.4) is 0 Å². The average molecular weight is 288 g/mol. The van der Waals surface area contributed by atoms with E-state index in [-0.39, 0.29) is 17.0 Å². The molecule has 20 heavy (non-hydrogen) atoms. The lowest BCUT2D eigenvalue weighted by molar-refractivity contribution is 0.102. The molecule has 100 valence electrons. The number of amides is 1. The van der Waals surface area contributed by atoms with Crippen LogP contribution in [0.1, 0.15) is 10.5 Å². The molecule has 1 aromatic carbocycles. The van der Waals surface area contributed by atoms with E-state index in [1.807, 2.05) is 6.07 Å². The summed E-state index contributed by atoms with van der Waals surface area (Å²) < 4.78 is 0. The molecule has 6 nitrogen and oxygen atoms in total. The molecule has 2 heterocycles. The summed E-state index contributed by atoms with van der Waals surface area (Å²) in [6.07, 6.45) is 1.47. The van der Waals surface area contributed by atoms with Crippen molar-refractivity contribution in [3.8, 4) is 0 Å². The van der Waals surface area contributed by atoms with E-state index in [0.717, 1.165) is 10.9 Å². The molecule has 0 unspecified atom stereocenters. The van der Waals surface area contributed by atoms with Gasteiger partial charge in [-0.1, -0.05) is 11.6 Å². The number of nitrogens with zero attached hydrogens (tertiary/aromatic N) is 2. The van der Waals surface area contributed by atoms with Crippen molar-refractivity contribution in [2.45, 2.75) is 0 Å². The molecular formula is C13H10ClN5O. The van der Waals surface area contributed by atoms with Gasteiger partial charge in [0.05, 0.1) is 0 Å². The highest BCUT2D eigenvalue weighted by molar-refractivity contribution is 6.29. The number of aromatic amines is 1. The van der Waals surface area contributed by atoms with Gasteiger partial charge in [-0.2, -0.15) is 0 Å². The third kappa shape index (κ3) is 2.41. The molecule has 2 aromatic heterocycles. The first-order valence-corrected chi connectivity index (χ1v) is 6.18. The summed E-state index contributed by atoms with van der Waals surface area (Å²) in [5, 5.41) is 3.69. The summed E-state index contributed by atoms with van der Waals surface area (Å²) in [6, 6.07) is 8.62. The average Bonchev–Trinajstić information content (AvgIpc) is 2.81. The van der Waals surface area contributed by atoms with Crippen LogP contribution in [0.2, 0.25) is 5.15 Å². The lowest BCUT2D eigenvalue weighted by Crippen LogP contribution is -2.14. The highest BCUT2D eigenvalue weighted by Crippen LogP contribution is 2.19. The summed E-state index contributed by atoms with van der Waals surface area (Å²) in [5.74, 6) is -0.192. The molecule has 0 saturated carbocycles. The predicted octanol–water partition coefficient (Wildman–Crippen LogP) is 2.45. The number of halogens is 1. The van der Waals surface area contributed by atoms with E-state index < -0.39 is 0 Å². The number of benzene rings is 1. The fourth-order valence-electron chi connectivity index (χ4n) is 1.84. The van der Waals surface area contributed by atoms with Crippen LogP contribution in [0, 0.1) is 0 Å². The van der Waals surface area contributed by atoms with Gasteiger partial charge < -0.3 is 10.7 Å². The zero-order chi connectivity index (χ0) is 14.1. The van der Waals surface area contributed by atoms with Gasteiger partial charge in [-0.3, -0.25) is 10.1 Å². The number of rotatable bonds is 2. The minimum atomic E-state index is -0.345. The van der Waals surface area contributed by atoms with Gasteiger partial charge in [0.15, 0.2) is 0 Å². The Morgan fingerprint density at radius 3 is 2.95 bits per heavy atom. The Hall–Kier alpha value is -2.60. The normalized spacial score (nSPS) is 10.7. The highest BCUT2D eigenvalue weighted by Gasteiger charge is 2.11. The second-order valence-corrected chi connectivity index (χ2v) is 4.57. The maximum atomic E-state index is 12.1. The van der Waals surface area contributed by atoms with E-state index in [1.165, 1.54) is 12.3 Å². The van der Waals surface area contributed by atoms with Crippen LogP contribution in [0.15, 0.2) is 36.5 Å². The van der Waals surface area contributed by atoms with E-state index in [4.69, 9.17) is 17.3 Å². The molecule has 0 bridgehead atoms. The van der Waals surface area contributed by atoms with Gasteiger partial charge in [0, 0.05) is 22.8 Å². The zero-order valence-corrected chi connectivity index (χ0v) is 11.0. The molecule has 0 aliphatic heterocycles. The van der Waals surface area contributed by atoms with Crippen molar-refractivity contribution in [2.24, 2.45) is 0 Å². The second kappa shape index (κ2) is 4.82. The smallest absolute Gasteiger partial charge is 0.274 e. The van der Waals surface area contributed by atoms with Gasteiger partial charge in [-0.25, -0.2) is 9.97 Å². The van der Waals surface area contributed by atoms with Crippen molar-refractivity contribution < 1.29 is 4.79 Å². The molecule has 0 spiro atoms. The Bertz CT molecular complexity index is 798. The van der Waals surface area contributed by atoms with Crippen LogP contribution < -0.4 is 11.1 Å². The van der Waals surface area contributed by atoms with Crippen molar-refractivity contribution in [2.75, 3.05) is 11.1 Å². The molecule has 1 amide bonds. The van der Waals surface area contributed by atoms with Crippen molar-refractivity contribution in [1.82, 2.24) is 15.0 Å². The van der Waals surface area contributed by atoms with Gasteiger partial charge in [-0.05, 0) is 30.3 Å². The first-order chi connectivity index (χ1) is 9.61. The maximum absolute atomic E-state index is 12.1. The monoisotopic (exact) mass is 287 g/mol. The quantitative estimate of drug-likeness (QED) is 0.498. The van der Waals surface area contributed by atoms with Crippen molar-refractivity contribution in [1.29, 1.82) is 0 Å². The standard InChI is InChI=1S/C13H10ClN5O/c14-11-3-4-16-13(18-11)19-12(20)10-6-7-5-8(15)1-2-9(7)17-10/h1-6,17H,15H2,(H,16,18,19,20). The lowest BCUT2D eigenvalue weighted by atomic mass is 10.2. The number of carbonyl (C=O) groups excluding carboxylic acids is 1. The van der Waals surface area contributed by atoms with E-state index in [1.54, 1.807) is 18.2 Å². The number of hydrogen-bond donors (Lipinski definition) is 3. The number of nitrogen functional groups attached to an aromatic ring is 1. The molecule has 0 atom stereocenters. The molecule has 7 heteroatoms. The van der Waals surface area contributed by atoms with Gasteiger partial charge in [-0.15, -0.1) is 0 Å². The van der Waals surface area contributed by atoms with E-state index in [0.29, 0.717) is 11.4 Å². The number of anilines is 2. The fourth-order valence-corrected chi connectivity index (χ4v) is 1.98. The number of hydrogen-bond acceptors (Lipinski definition) is 4. The summed E-state index contributed by atoms with van der Waals surface area (Å²) in [5.41, 5.74) is 7.57. The van der Waals surface area contributed by atoms with E-state index >= 15 is 0 Å². The number of nitrogens with one attached hydrogen (secondary N) is 2. The predicted molar refractivity (Wildman–Crippen MR) is 77.7 cm³/mol. The molecule has 0 radical (unpaired) electrons. The number of H-pyrrole nitrogens is 1. The third-order valence-electron chi connectivity index (χ3n) is 2.74. The van der Waals surface area contributed by atoms with E-state index in [9.17, 15) is 4.79 Å². The van der Waals surface area contributed by atoms with Crippen LogP contribution >= 0.6 is 11.6 Å². The summed E-state index contributed by atoms with van der Waals surface area (Å²) >= 11 is 5.73. The Balaban J connectivity index is 1.88. The van der Waals surface area contributed by atoms with Crippen molar-refractivity contribution in [3.05, 3.63) is 47.4 Å². The molecule has 0 saturated heterocycles. The number of fused-ring (bicyclic) bond motifs is 1. The molecule has 3 aromatic rings. The van der Waals surface area contributed by atoms with Gasteiger partial charge >= 0.3 is 0 Å². The molecule has 4 N–H and O–H groups in total. The Morgan fingerprint density at radius 1 is 1.30 bits per heavy atom. The SMILES string of the molecule is Nc1ccc2[nH]c(C(=O)Nc3nccc(Cl)n3)cc2c1. The van der Waals surface area contributed by atoms with Crippen LogP contribution in [-0.2, 0) is 0 Å². The molecule has 0 aliphatic carbocycles. The molecular weight excluding hydrogens is 278 g/mol. The van der Waals surface area contributed by atoms with Gasteiger partial charge in [0.2, 0.25) is 5.95 Å². The molecule has 3 rings (SSSR count). The van der Waals surface area contributed by atoms with Crippen LogP contribution in [0.25, 0.3) is 10.9 Å². The maximum Gasteiger partial charge on any atom is 0.274 e. The number of nitrogens with two attached hydrogens (primary N) is 1. The first-order valence-electron chi connectivity index (χ1n) is 5.80. The number of carbonyl (C=O) groups is 1. The minimum Gasteiger partial charge on any atom is -0.399 e. The summed E-state index contributed by atoms with van der Waals surface area (Å²) in [4.78, 5) is 22.9. The largest absolute Gasteiger partial charge is 0.399 e. The Morgan fingerprint density at radius 2 is 2.15 bits per heavy atom.